The van der Waals surface area contributed by atoms with E-state index in [0.29, 0.717) is 0 Å². The molecule has 2 aliphatic rings. The van der Waals surface area contributed by atoms with E-state index >= 15 is 0 Å². The maximum atomic E-state index is 5.75. The summed E-state index contributed by atoms with van der Waals surface area (Å²) in [6.07, 6.45) is 2.89. The van der Waals surface area contributed by atoms with Crippen molar-refractivity contribution in [3.05, 3.63) is 77.5 Å². The van der Waals surface area contributed by atoms with Crippen molar-refractivity contribution in [2.45, 2.75) is 19.3 Å². The molecule has 142 valence electrons. The third kappa shape index (κ3) is 2.88. The Labute approximate surface area is 164 Å². The van der Waals surface area contributed by atoms with E-state index in [9.17, 15) is 0 Å². The lowest BCUT2D eigenvalue weighted by Gasteiger charge is -2.40. The van der Waals surface area contributed by atoms with Gasteiger partial charge in [0.05, 0.1) is 12.6 Å². The summed E-state index contributed by atoms with van der Waals surface area (Å²) in [5.41, 5.74) is 5.08. The van der Waals surface area contributed by atoms with Crippen LogP contribution in [0.2, 0.25) is 0 Å². The first-order valence-electron chi connectivity index (χ1n) is 9.75. The van der Waals surface area contributed by atoms with E-state index in [0.717, 1.165) is 37.5 Å². The van der Waals surface area contributed by atoms with Crippen LogP contribution in [0.3, 0.4) is 0 Å². The van der Waals surface area contributed by atoms with Crippen molar-refractivity contribution in [2.24, 2.45) is 4.99 Å². The number of hydrogen-bond acceptors (Lipinski definition) is 4. The molecule has 28 heavy (non-hydrogen) atoms. The van der Waals surface area contributed by atoms with Gasteiger partial charge < -0.3 is 15.0 Å². The quantitative estimate of drug-likeness (QED) is 0.754. The minimum atomic E-state index is -0.160. The molecular formula is C23H24N4O. The minimum Gasteiger partial charge on any atom is -0.482 e. The molecule has 0 spiro atoms. The Bertz CT molecular complexity index is 1050. The predicted molar refractivity (Wildman–Crippen MR) is 113 cm³/mol. The van der Waals surface area contributed by atoms with Gasteiger partial charge in [-0.1, -0.05) is 48.5 Å². The zero-order valence-corrected chi connectivity index (χ0v) is 16.0. The highest BCUT2D eigenvalue weighted by Gasteiger charge is 2.31. The van der Waals surface area contributed by atoms with Crippen LogP contribution in [0, 0.1) is 0 Å². The predicted octanol–water partition coefficient (Wildman–Crippen LogP) is 3.94. The van der Waals surface area contributed by atoms with Crippen molar-refractivity contribution in [3.63, 3.8) is 0 Å². The number of nitrogens with one attached hydrogen (secondary N) is 1. The highest BCUT2D eigenvalue weighted by molar-refractivity contribution is 5.84. The molecular weight excluding hydrogens is 348 g/mol. The number of rotatable bonds is 4. The molecule has 0 fully saturated rings. The molecule has 0 saturated carbocycles. The van der Waals surface area contributed by atoms with E-state index in [1.165, 1.54) is 22.2 Å². The number of nitrogens with zero attached hydrogens (tertiary/aromatic N) is 3. The molecule has 1 atom stereocenters. The van der Waals surface area contributed by atoms with Crippen LogP contribution in [0.15, 0.2) is 76.9 Å². The second kappa shape index (κ2) is 7.17. The summed E-state index contributed by atoms with van der Waals surface area (Å²) >= 11 is 0. The van der Waals surface area contributed by atoms with Gasteiger partial charge in [0, 0.05) is 55.0 Å². The highest BCUT2D eigenvalue weighted by atomic mass is 16.5. The van der Waals surface area contributed by atoms with Gasteiger partial charge in [0.25, 0.3) is 0 Å². The van der Waals surface area contributed by atoms with Crippen molar-refractivity contribution in [1.29, 1.82) is 0 Å². The second-order valence-corrected chi connectivity index (χ2v) is 7.25. The zero-order valence-electron chi connectivity index (χ0n) is 16.0. The Hall–Kier alpha value is -3.05. The lowest BCUT2D eigenvalue weighted by Crippen LogP contribution is -2.39. The monoisotopic (exact) mass is 372 g/mol. The third-order valence-corrected chi connectivity index (χ3v) is 5.56. The Kier molecular flexibility index (Phi) is 4.37. The Balaban J connectivity index is 1.63. The molecule has 0 amide bonds. The molecule has 5 rings (SSSR count). The van der Waals surface area contributed by atoms with Crippen LogP contribution < -0.4 is 10.1 Å². The van der Waals surface area contributed by atoms with Crippen LogP contribution in [0.25, 0.3) is 10.9 Å². The fourth-order valence-electron chi connectivity index (χ4n) is 4.23. The Morgan fingerprint density at radius 3 is 2.79 bits per heavy atom. The first-order chi connectivity index (χ1) is 13.8. The van der Waals surface area contributed by atoms with Gasteiger partial charge >= 0.3 is 0 Å². The summed E-state index contributed by atoms with van der Waals surface area (Å²) in [6.45, 7) is 2.69. The number of methoxy groups -OCH3 is 1. The van der Waals surface area contributed by atoms with E-state index in [2.05, 4.69) is 75.4 Å². The van der Waals surface area contributed by atoms with Crippen LogP contribution >= 0.6 is 0 Å². The van der Waals surface area contributed by atoms with Crippen molar-refractivity contribution in [1.82, 2.24) is 14.8 Å². The van der Waals surface area contributed by atoms with Crippen LogP contribution in [-0.4, -0.2) is 35.9 Å². The number of aromatic nitrogens is 1. The van der Waals surface area contributed by atoms with E-state index in [4.69, 9.17) is 9.73 Å². The maximum absolute atomic E-state index is 5.75. The lowest BCUT2D eigenvalue weighted by molar-refractivity contribution is 0.164. The van der Waals surface area contributed by atoms with E-state index in [1.807, 2.05) is 6.21 Å². The molecule has 5 nitrogen and oxygen atoms in total. The molecule has 3 heterocycles. The minimum absolute atomic E-state index is 0.160. The van der Waals surface area contributed by atoms with E-state index in [-0.39, 0.29) is 6.29 Å². The molecule has 2 aliphatic heterocycles. The first kappa shape index (κ1) is 17.1. The number of fused-ring (bicyclic) bond motifs is 1. The van der Waals surface area contributed by atoms with Crippen molar-refractivity contribution >= 4 is 17.1 Å². The Morgan fingerprint density at radius 2 is 1.93 bits per heavy atom. The highest BCUT2D eigenvalue weighted by Crippen LogP contribution is 2.37. The summed E-state index contributed by atoms with van der Waals surface area (Å²) in [5.74, 6) is 0.833. The van der Waals surface area contributed by atoms with Gasteiger partial charge in [-0.3, -0.25) is 4.57 Å². The van der Waals surface area contributed by atoms with Crippen molar-refractivity contribution in [3.8, 4) is 5.88 Å². The smallest absolute Gasteiger partial charge is 0.205 e. The van der Waals surface area contributed by atoms with Crippen molar-refractivity contribution in [2.75, 3.05) is 20.2 Å². The van der Waals surface area contributed by atoms with Gasteiger partial charge in [-0.2, -0.15) is 0 Å². The van der Waals surface area contributed by atoms with Crippen LogP contribution in [0.1, 0.15) is 18.3 Å². The second-order valence-electron chi connectivity index (χ2n) is 7.25. The largest absolute Gasteiger partial charge is 0.482 e. The standard InChI is InChI=1S/C23H24N4O/c1-28-22-13-18-9-5-6-10-21(18)27(22)23-25-15-19-14-24-12-11-20(19)26(23)16-17-7-3-2-4-8-17/h2-10,13,15,23-24H,11-12,14,16H2,1H3. The van der Waals surface area contributed by atoms with E-state index in [1.54, 1.807) is 7.11 Å². The molecule has 5 heteroatoms. The molecule has 1 aromatic heterocycles. The summed E-state index contributed by atoms with van der Waals surface area (Å²) in [7, 11) is 1.73. The number of hydrogen-bond donors (Lipinski definition) is 1. The van der Waals surface area contributed by atoms with Gasteiger partial charge in [0.1, 0.15) is 0 Å². The first-order valence-corrected chi connectivity index (χ1v) is 9.75. The summed E-state index contributed by atoms with van der Waals surface area (Å²) in [5, 5.41) is 4.63. The van der Waals surface area contributed by atoms with Crippen LogP contribution in [0.5, 0.6) is 5.88 Å². The molecule has 1 unspecified atom stereocenters. The SMILES string of the molecule is COc1cc2ccccc2n1C1N=CC2=C(CCNC2)N1Cc1ccccc1. The Morgan fingerprint density at radius 1 is 1.11 bits per heavy atom. The summed E-state index contributed by atoms with van der Waals surface area (Å²) < 4.78 is 7.96. The maximum Gasteiger partial charge on any atom is 0.205 e. The van der Waals surface area contributed by atoms with E-state index < -0.39 is 0 Å². The molecule has 0 saturated heterocycles. The van der Waals surface area contributed by atoms with Gasteiger partial charge in [-0.05, 0) is 11.6 Å². The normalized spacial score (nSPS) is 19.2. The molecule has 3 aromatic rings. The zero-order chi connectivity index (χ0) is 18.9. The molecule has 0 bridgehead atoms. The summed E-state index contributed by atoms with van der Waals surface area (Å²) in [4.78, 5) is 7.41. The van der Waals surface area contributed by atoms with Gasteiger partial charge in [0.2, 0.25) is 6.29 Å². The van der Waals surface area contributed by atoms with Gasteiger partial charge in [-0.15, -0.1) is 0 Å². The average Bonchev–Trinajstić information content (AvgIpc) is 3.13. The van der Waals surface area contributed by atoms with Gasteiger partial charge in [0.15, 0.2) is 5.88 Å². The lowest BCUT2D eigenvalue weighted by atomic mass is 10.0. The molecule has 1 N–H and O–H groups in total. The number of para-hydroxylation sites is 1. The number of aliphatic imine (C=N–C) groups is 1. The third-order valence-electron chi connectivity index (χ3n) is 5.56. The number of ether oxygens (including phenoxy) is 1. The molecule has 0 radical (unpaired) electrons. The van der Waals surface area contributed by atoms with Crippen molar-refractivity contribution < 1.29 is 4.74 Å². The fraction of sp³-hybridized carbons (Fsp3) is 0.261. The summed E-state index contributed by atoms with van der Waals surface area (Å²) in [6, 6.07) is 21.1. The molecule has 2 aromatic carbocycles. The van der Waals surface area contributed by atoms with Crippen LogP contribution in [-0.2, 0) is 6.54 Å². The molecule has 0 aliphatic carbocycles. The fourth-order valence-corrected chi connectivity index (χ4v) is 4.23. The van der Waals surface area contributed by atoms with Crippen LogP contribution in [0.4, 0.5) is 0 Å². The number of benzene rings is 2. The average molecular weight is 372 g/mol. The van der Waals surface area contributed by atoms with Gasteiger partial charge in [-0.25, -0.2) is 4.99 Å². The topological polar surface area (TPSA) is 41.8 Å².